The average molecular weight is 223 g/mol. The fourth-order valence-electron chi connectivity index (χ4n) is 4.56. The summed E-state index contributed by atoms with van der Waals surface area (Å²) < 4.78 is 0. The summed E-state index contributed by atoms with van der Waals surface area (Å²) in [4.78, 5) is 10.9. The highest BCUT2D eigenvalue weighted by atomic mass is 16.4. The second-order valence-corrected chi connectivity index (χ2v) is 6.18. The van der Waals surface area contributed by atoms with Gasteiger partial charge in [-0.1, -0.05) is 0 Å². The Labute approximate surface area is 96.6 Å². The van der Waals surface area contributed by atoms with Crippen LogP contribution in [-0.4, -0.2) is 23.2 Å². The molecule has 4 bridgehead atoms. The summed E-state index contributed by atoms with van der Waals surface area (Å²) >= 11 is 0. The van der Waals surface area contributed by atoms with E-state index in [1.54, 1.807) is 6.92 Å². The summed E-state index contributed by atoms with van der Waals surface area (Å²) in [6.45, 7) is 1.77. The van der Waals surface area contributed by atoms with Gasteiger partial charge in [0.15, 0.2) is 0 Å². The van der Waals surface area contributed by atoms with Crippen molar-refractivity contribution in [3.8, 4) is 0 Å². The summed E-state index contributed by atoms with van der Waals surface area (Å²) in [6, 6.07) is 0.0985. The van der Waals surface area contributed by atoms with Gasteiger partial charge in [-0.3, -0.25) is 4.79 Å². The van der Waals surface area contributed by atoms with Crippen molar-refractivity contribution >= 4 is 5.97 Å². The fraction of sp³-hybridized carbons (Fsp3) is 0.923. The highest BCUT2D eigenvalue weighted by Crippen LogP contribution is 2.53. The third-order valence-electron chi connectivity index (χ3n) is 5.04. The molecule has 16 heavy (non-hydrogen) atoms. The van der Waals surface area contributed by atoms with Crippen LogP contribution in [0.5, 0.6) is 0 Å². The minimum Gasteiger partial charge on any atom is -0.480 e. The third-order valence-corrected chi connectivity index (χ3v) is 5.04. The monoisotopic (exact) mass is 223 g/mol. The van der Waals surface area contributed by atoms with Crippen LogP contribution >= 0.6 is 0 Å². The van der Waals surface area contributed by atoms with Gasteiger partial charge in [0.2, 0.25) is 0 Å². The first kappa shape index (κ1) is 10.6. The number of aliphatic carboxylic acids is 1. The Morgan fingerprint density at radius 1 is 1.12 bits per heavy atom. The van der Waals surface area contributed by atoms with Crippen LogP contribution < -0.4 is 5.32 Å². The molecule has 0 aliphatic heterocycles. The zero-order chi connectivity index (χ0) is 11.3. The van der Waals surface area contributed by atoms with Crippen LogP contribution in [0.25, 0.3) is 0 Å². The highest BCUT2D eigenvalue weighted by Gasteiger charge is 2.48. The van der Waals surface area contributed by atoms with Crippen molar-refractivity contribution in [1.82, 2.24) is 5.32 Å². The molecule has 3 heteroatoms. The van der Waals surface area contributed by atoms with E-state index in [-0.39, 0.29) is 6.04 Å². The molecule has 0 heterocycles. The molecule has 0 saturated heterocycles. The Bertz CT molecular complexity index is 274. The van der Waals surface area contributed by atoms with Gasteiger partial charge in [0.1, 0.15) is 6.04 Å². The predicted molar refractivity (Wildman–Crippen MR) is 61.1 cm³/mol. The van der Waals surface area contributed by atoms with Gasteiger partial charge in [-0.25, -0.2) is 0 Å². The molecule has 1 unspecified atom stereocenters. The molecule has 90 valence electrons. The van der Waals surface area contributed by atoms with E-state index < -0.39 is 5.97 Å². The molecule has 4 aliphatic rings. The number of hydrogen-bond acceptors (Lipinski definition) is 2. The summed E-state index contributed by atoms with van der Waals surface area (Å²) in [7, 11) is 0. The lowest BCUT2D eigenvalue weighted by molar-refractivity contribution is -0.140. The lowest BCUT2D eigenvalue weighted by Crippen LogP contribution is -2.57. The molecule has 0 amide bonds. The SMILES string of the molecule is CC(NC1C2CC3CC(C2)CC1C3)C(=O)O. The smallest absolute Gasteiger partial charge is 0.320 e. The molecular formula is C13H21NO2. The molecule has 0 radical (unpaired) electrons. The summed E-state index contributed by atoms with van der Waals surface area (Å²) in [5.74, 6) is 2.73. The minimum atomic E-state index is -0.714. The Balaban J connectivity index is 1.70. The topological polar surface area (TPSA) is 49.3 Å². The van der Waals surface area contributed by atoms with Gasteiger partial charge in [0.25, 0.3) is 0 Å². The molecule has 2 N–H and O–H groups in total. The first-order chi connectivity index (χ1) is 7.63. The Morgan fingerprint density at radius 3 is 2.06 bits per heavy atom. The molecule has 4 saturated carbocycles. The van der Waals surface area contributed by atoms with E-state index >= 15 is 0 Å². The molecule has 4 aliphatic carbocycles. The molecule has 0 aromatic rings. The van der Waals surface area contributed by atoms with Gasteiger partial charge >= 0.3 is 5.97 Å². The van der Waals surface area contributed by atoms with Crippen molar-refractivity contribution in [1.29, 1.82) is 0 Å². The van der Waals surface area contributed by atoms with E-state index in [0.717, 1.165) is 23.7 Å². The van der Waals surface area contributed by atoms with Crippen LogP contribution in [0.2, 0.25) is 0 Å². The van der Waals surface area contributed by atoms with Crippen molar-refractivity contribution < 1.29 is 9.90 Å². The number of rotatable bonds is 3. The predicted octanol–water partition coefficient (Wildman–Crippen LogP) is 1.87. The summed E-state index contributed by atoms with van der Waals surface area (Å²) in [5.41, 5.74) is 0. The quantitative estimate of drug-likeness (QED) is 0.768. The number of carboxylic acid groups (broad SMARTS) is 1. The van der Waals surface area contributed by atoms with Crippen LogP contribution in [0, 0.1) is 23.7 Å². The Hall–Kier alpha value is -0.570. The Morgan fingerprint density at radius 2 is 1.62 bits per heavy atom. The number of carboxylic acids is 1. The van der Waals surface area contributed by atoms with Crippen molar-refractivity contribution in [3.63, 3.8) is 0 Å². The maximum Gasteiger partial charge on any atom is 0.320 e. The first-order valence-corrected chi connectivity index (χ1v) is 6.62. The van der Waals surface area contributed by atoms with Crippen molar-refractivity contribution in [2.75, 3.05) is 0 Å². The van der Waals surface area contributed by atoms with Gasteiger partial charge in [0, 0.05) is 6.04 Å². The highest BCUT2D eigenvalue weighted by molar-refractivity contribution is 5.72. The van der Waals surface area contributed by atoms with Crippen molar-refractivity contribution in [2.24, 2.45) is 23.7 Å². The third kappa shape index (κ3) is 1.65. The number of carbonyl (C=O) groups is 1. The van der Waals surface area contributed by atoms with Crippen molar-refractivity contribution in [2.45, 2.75) is 51.1 Å². The van der Waals surface area contributed by atoms with E-state index in [1.807, 2.05) is 0 Å². The molecular weight excluding hydrogens is 202 g/mol. The lowest BCUT2D eigenvalue weighted by atomic mass is 9.54. The second-order valence-electron chi connectivity index (χ2n) is 6.18. The van der Waals surface area contributed by atoms with Gasteiger partial charge in [-0.2, -0.15) is 0 Å². The van der Waals surface area contributed by atoms with Crippen LogP contribution in [0.4, 0.5) is 0 Å². The average Bonchev–Trinajstić information content (AvgIpc) is 2.21. The van der Waals surface area contributed by atoms with Gasteiger partial charge in [0.05, 0.1) is 0 Å². The van der Waals surface area contributed by atoms with E-state index in [9.17, 15) is 4.79 Å². The Kier molecular flexibility index (Phi) is 2.46. The van der Waals surface area contributed by atoms with Crippen LogP contribution in [-0.2, 0) is 4.79 Å². The largest absolute Gasteiger partial charge is 0.480 e. The number of nitrogens with one attached hydrogen (secondary N) is 1. The number of hydrogen-bond donors (Lipinski definition) is 2. The second kappa shape index (κ2) is 3.73. The van der Waals surface area contributed by atoms with E-state index in [1.165, 1.54) is 32.1 Å². The lowest BCUT2D eigenvalue weighted by Gasteiger charge is -2.55. The zero-order valence-corrected chi connectivity index (χ0v) is 9.86. The molecule has 0 spiro atoms. The first-order valence-electron chi connectivity index (χ1n) is 6.62. The van der Waals surface area contributed by atoms with Crippen LogP contribution in [0.1, 0.15) is 39.0 Å². The maximum absolute atomic E-state index is 10.9. The molecule has 1 atom stereocenters. The summed E-state index contributed by atoms with van der Waals surface area (Å²) in [5, 5.41) is 12.3. The molecule has 0 aromatic carbocycles. The van der Waals surface area contributed by atoms with Gasteiger partial charge in [-0.05, 0) is 62.7 Å². The van der Waals surface area contributed by atoms with Gasteiger partial charge in [-0.15, -0.1) is 0 Å². The zero-order valence-electron chi connectivity index (χ0n) is 9.86. The van der Waals surface area contributed by atoms with E-state index in [4.69, 9.17) is 5.11 Å². The van der Waals surface area contributed by atoms with Crippen molar-refractivity contribution in [3.05, 3.63) is 0 Å². The summed E-state index contributed by atoms with van der Waals surface area (Å²) in [6.07, 6.45) is 6.83. The van der Waals surface area contributed by atoms with E-state index in [2.05, 4.69) is 5.32 Å². The molecule has 3 nitrogen and oxygen atoms in total. The van der Waals surface area contributed by atoms with Crippen LogP contribution in [0.15, 0.2) is 0 Å². The molecule has 0 aromatic heterocycles. The minimum absolute atomic E-state index is 0.387. The van der Waals surface area contributed by atoms with Crippen LogP contribution in [0.3, 0.4) is 0 Å². The maximum atomic E-state index is 10.9. The van der Waals surface area contributed by atoms with Gasteiger partial charge < -0.3 is 10.4 Å². The fourth-order valence-corrected chi connectivity index (χ4v) is 4.56. The van der Waals surface area contributed by atoms with E-state index in [0.29, 0.717) is 6.04 Å². The normalized spacial score (nSPS) is 46.9. The molecule has 4 rings (SSSR count). The molecule has 4 fully saturated rings. The standard InChI is InChI=1S/C13H21NO2/c1-7(13(15)16)14-12-10-3-8-2-9(5-10)6-11(12)4-8/h7-12,14H,2-6H2,1H3,(H,15,16).